The van der Waals surface area contributed by atoms with Gasteiger partial charge in [-0.3, -0.25) is 4.90 Å². The summed E-state index contributed by atoms with van der Waals surface area (Å²) in [6.07, 6.45) is 4.49. The number of amides is 2. The molecule has 1 N–H and O–H groups in total. The smallest absolute Gasteiger partial charge is 0.318 e. The summed E-state index contributed by atoms with van der Waals surface area (Å²) in [5.74, 6) is 0.568. The number of methoxy groups -OCH3 is 1. The standard InChI is InChI=1S/C26H33N3O2/c1-31-18-23(20-9-3-2-4-10-20)27-26(30)29-14-7-11-21-17-28-15-13-19-8-5-6-12-22(19)25(28)16-24(21)29/h2-6,8-10,12,21,23-25H,7,11,13-18H2,1H3,(H,27,30)/t21-,23-,24+,25+/m0/s1. The summed E-state index contributed by atoms with van der Waals surface area (Å²) in [4.78, 5) is 18.3. The third kappa shape index (κ3) is 4.09. The Morgan fingerprint density at radius 1 is 1.13 bits per heavy atom. The first-order valence-corrected chi connectivity index (χ1v) is 11.7. The minimum absolute atomic E-state index is 0.0538. The van der Waals surface area contributed by atoms with Crippen LogP contribution in [0.3, 0.4) is 0 Å². The number of hydrogen-bond donors (Lipinski definition) is 1. The number of hydrogen-bond acceptors (Lipinski definition) is 3. The summed E-state index contributed by atoms with van der Waals surface area (Å²) in [5, 5.41) is 3.28. The van der Waals surface area contributed by atoms with Crippen molar-refractivity contribution in [3.8, 4) is 0 Å². The van der Waals surface area contributed by atoms with Crippen LogP contribution >= 0.6 is 0 Å². The van der Waals surface area contributed by atoms with Crippen LogP contribution in [0.4, 0.5) is 4.79 Å². The Morgan fingerprint density at radius 2 is 1.94 bits per heavy atom. The van der Waals surface area contributed by atoms with Gasteiger partial charge in [-0.1, -0.05) is 54.6 Å². The number of urea groups is 1. The summed E-state index contributed by atoms with van der Waals surface area (Å²) in [5.41, 5.74) is 4.04. The molecule has 0 aromatic heterocycles. The van der Waals surface area contributed by atoms with Crippen molar-refractivity contribution in [2.45, 2.75) is 43.8 Å². The van der Waals surface area contributed by atoms with Crippen LogP contribution in [0.2, 0.25) is 0 Å². The van der Waals surface area contributed by atoms with E-state index in [0.717, 1.165) is 44.5 Å². The van der Waals surface area contributed by atoms with Gasteiger partial charge in [0.2, 0.25) is 0 Å². The number of nitrogens with zero attached hydrogens (tertiary/aromatic N) is 2. The zero-order valence-electron chi connectivity index (χ0n) is 18.4. The third-order valence-corrected chi connectivity index (χ3v) is 7.47. The van der Waals surface area contributed by atoms with Gasteiger partial charge >= 0.3 is 6.03 Å². The van der Waals surface area contributed by atoms with Crippen LogP contribution < -0.4 is 5.32 Å². The molecule has 5 rings (SSSR count). The minimum Gasteiger partial charge on any atom is -0.382 e. The molecule has 0 unspecified atom stereocenters. The average Bonchev–Trinajstić information content (AvgIpc) is 2.82. The van der Waals surface area contributed by atoms with Crippen LogP contribution in [0, 0.1) is 5.92 Å². The van der Waals surface area contributed by atoms with Crippen molar-refractivity contribution in [3.63, 3.8) is 0 Å². The first-order chi connectivity index (χ1) is 15.2. The molecule has 0 radical (unpaired) electrons. The number of benzene rings is 2. The van der Waals surface area contributed by atoms with Gasteiger partial charge in [0.25, 0.3) is 0 Å². The fourth-order valence-electron chi connectivity index (χ4n) is 5.95. The Bertz CT molecular complexity index is 903. The zero-order chi connectivity index (χ0) is 21.2. The molecule has 0 aliphatic carbocycles. The molecule has 3 heterocycles. The van der Waals surface area contributed by atoms with Crippen molar-refractivity contribution in [1.82, 2.24) is 15.1 Å². The molecule has 3 aliphatic rings. The molecule has 3 aliphatic heterocycles. The Hall–Kier alpha value is -2.37. The molecule has 31 heavy (non-hydrogen) atoms. The van der Waals surface area contributed by atoms with Crippen LogP contribution in [-0.2, 0) is 11.2 Å². The highest BCUT2D eigenvalue weighted by atomic mass is 16.5. The lowest BCUT2D eigenvalue weighted by Gasteiger charge is -2.52. The second-order valence-corrected chi connectivity index (χ2v) is 9.23. The predicted molar refractivity (Wildman–Crippen MR) is 122 cm³/mol. The molecule has 4 atom stereocenters. The Balaban J connectivity index is 1.35. The van der Waals surface area contributed by atoms with Gasteiger partial charge in [0.1, 0.15) is 0 Å². The van der Waals surface area contributed by atoms with E-state index in [2.05, 4.69) is 51.5 Å². The van der Waals surface area contributed by atoms with Gasteiger partial charge in [-0.2, -0.15) is 0 Å². The van der Waals surface area contributed by atoms with Crippen LogP contribution in [-0.4, -0.2) is 55.2 Å². The monoisotopic (exact) mass is 419 g/mol. The maximum Gasteiger partial charge on any atom is 0.318 e. The fraction of sp³-hybridized carbons (Fsp3) is 0.500. The Morgan fingerprint density at radius 3 is 2.77 bits per heavy atom. The number of likely N-dealkylation sites (tertiary alicyclic amines) is 1. The SMILES string of the molecule is COC[C@H](NC(=O)N1CCC[C@H]2CN3CCc4ccccc4[C@H]3C[C@H]21)c1ccccc1. The lowest BCUT2D eigenvalue weighted by atomic mass is 9.77. The van der Waals surface area contributed by atoms with Gasteiger partial charge in [-0.25, -0.2) is 4.79 Å². The molecule has 5 nitrogen and oxygen atoms in total. The molecule has 164 valence electrons. The zero-order valence-corrected chi connectivity index (χ0v) is 18.4. The Labute approximate surface area is 185 Å². The van der Waals surface area contributed by atoms with E-state index in [1.165, 1.54) is 17.5 Å². The van der Waals surface area contributed by atoms with Crippen LogP contribution in [0.1, 0.15) is 48.0 Å². The summed E-state index contributed by atoms with van der Waals surface area (Å²) >= 11 is 0. The number of fused-ring (bicyclic) bond motifs is 4. The number of carbonyl (C=O) groups excluding carboxylic acids is 1. The number of piperidine rings is 2. The van der Waals surface area contributed by atoms with E-state index in [4.69, 9.17) is 4.74 Å². The molecule has 2 fully saturated rings. The number of nitrogens with one attached hydrogen (secondary N) is 1. The van der Waals surface area contributed by atoms with Crippen molar-refractivity contribution < 1.29 is 9.53 Å². The van der Waals surface area contributed by atoms with E-state index in [1.807, 2.05) is 18.2 Å². The summed E-state index contributed by atoms with van der Waals surface area (Å²) in [6.45, 7) is 3.56. The fourth-order valence-corrected chi connectivity index (χ4v) is 5.95. The molecule has 2 saturated heterocycles. The van der Waals surface area contributed by atoms with Crippen molar-refractivity contribution >= 4 is 6.03 Å². The van der Waals surface area contributed by atoms with E-state index in [9.17, 15) is 4.79 Å². The molecule has 0 bridgehead atoms. The molecule has 0 spiro atoms. The average molecular weight is 420 g/mol. The second-order valence-electron chi connectivity index (χ2n) is 9.23. The number of carbonyl (C=O) groups is 1. The lowest BCUT2D eigenvalue weighted by molar-refractivity contribution is 0.00467. The van der Waals surface area contributed by atoms with E-state index < -0.39 is 0 Å². The van der Waals surface area contributed by atoms with Crippen LogP contribution in [0.15, 0.2) is 54.6 Å². The van der Waals surface area contributed by atoms with Crippen LogP contribution in [0.25, 0.3) is 0 Å². The van der Waals surface area contributed by atoms with Gasteiger partial charge in [0.15, 0.2) is 0 Å². The second kappa shape index (κ2) is 9.01. The van der Waals surface area contributed by atoms with E-state index in [-0.39, 0.29) is 12.1 Å². The largest absolute Gasteiger partial charge is 0.382 e. The summed E-state index contributed by atoms with van der Waals surface area (Å²) in [6, 6.07) is 19.7. The van der Waals surface area contributed by atoms with Gasteiger partial charge in [-0.05, 0) is 48.3 Å². The Kier molecular flexibility index (Phi) is 5.97. The predicted octanol–water partition coefficient (Wildman–Crippen LogP) is 4.17. The van der Waals surface area contributed by atoms with Gasteiger partial charge in [-0.15, -0.1) is 0 Å². The van der Waals surface area contributed by atoms with Gasteiger partial charge in [0, 0.05) is 38.8 Å². The molecule has 2 amide bonds. The van der Waals surface area contributed by atoms with E-state index in [0.29, 0.717) is 24.6 Å². The third-order valence-electron chi connectivity index (χ3n) is 7.47. The molecular weight excluding hydrogens is 386 g/mol. The molecule has 0 saturated carbocycles. The van der Waals surface area contributed by atoms with E-state index in [1.54, 1.807) is 7.11 Å². The number of rotatable bonds is 4. The highest BCUT2D eigenvalue weighted by Crippen LogP contribution is 2.42. The maximum absolute atomic E-state index is 13.5. The van der Waals surface area contributed by atoms with Gasteiger partial charge < -0.3 is 15.0 Å². The lowest BCUT2D eigenvalue weighted by Crippen LogP contribution is -2.59. The van der Waals surface area contributed by atoms with Crippen molar-refractivity contribution in [1.29, 1.82) is 0 Å². The maximum atomic E-state index is 13.5. The molecule has 5 heteroatoms. The van der Waals surface area contributed by atoms with Crippen molar-refractivity contribution in [2.24, 2.45) is 5.92 Å². The summed E-state index contributed by atoms with van der Waals surface area (Å²) < 4.78 is 5.42. The highest BCUT2D eigenvalue weighted by Gasteiger charge is 2.44. The quantitative estimate of drug-likeness (QED) is 0.809. The molecular formula is C26H33N3O2. The number of ether oxygens (including phenoxy) is 1. The summed E-state index contributed by atoms with van der Waals surface area (Å²) in [7, 11) is 1.69. The first kappa shape index (κ1) is 20.5. The van der Waals surface area contributed by atoms with Crippen molar-refractivity contribution in [3.05, 3.63) is 71.3 Å². The normalized spacial score (nSPS) is 26.4. The van der Waals surface area contributed by atoms with Crippen LogP contribution in [0.5, 0.6) is 0 Å². The topological polar surface area (TPSA) is 44.8 Å². The first-order valence-electron chi connectivity index (χ1n) is 11.7. The minimum atomic E-state index is -0.130. The molecule has 2 aromatic carbocycles. The van der Waals surface area contributed by atoms with Gasteiger partial charge in [0.05, 0.1) is 12.6 Å². The van der Waals surface area contributed by atoms with Crippen molar-refractivity contribution in [2.75, 3.05) is 33.4 Å². The highest BCUT2D eigenvalue weighted by molar-refractivity contribution is 5.75. The van der Waals surface area contributed by atoms with E-state index >= 15 is 0 Å². The molecule has 2 aromatic rings.